The SMILES string of the molecule is CC(C)C[C@H](NC(=O)c1nn(CC(C)C)c(=O)c2ccccc12)C(=O)O. The van der Waals surface area contributed by atoms with Crippen molar-refractivity contribution in [1.29, 1.82) is 0 Å². The smallest absolute Gasteiger partial charge is 0.326 e. The van der Waals surface area contributed by atoms with E-state index in [0.717, 1.165) is 0 Å². The molecule has 0 aliphatic carbocycles. The fourth-order valence-corrected chi connectivity index (χ4v) is 2.79. The molecule has 0 aliphatic heterocycles. The first kappa shape index (κ1) is 19.6. The first-order valence-corrected chi connectivity index (χ1v) is 8.74. The molecule has 2 N–H and O–H groups in total. The minimum atomic E-state index is -1.09. The van der Waals surface area contributed by atoms with Gasteiger partial charge in [0.25, 0.3) is 11.5 Å². The maximum absolute atomic E-state index is 12.8. The molecule has 1 atom stereocenters. The number of hydrogen-bond donors (Lipinski definition) is 2. The van der Waals surface area contributed by atoms with Crippen LogP contribution in [-0.4, -0.2) is 32.8 Å². The molecular formula is C19H25N3O4. The van der Waals surface area contributed by atoms with Gasteiger partial charge in [-0.1, -0.05) is 45.9 Å². The number of carboxylic acid groups (broad SMARTS) is 1. The first-order chi connectivity index (χ1) is 12.2. The third-order valence-corrected chi connectivity index (χ3v) is 3.93. The number of carboxylic acids is 1. The van der Waals surface area contributed by atoms with Gasteiger partial charge in [0.2, 0.25) is 0 Å². The highest BCUT2D eigenvalue weighted by Crippen LogP contribution is 2.15. The van der Waals surface area contributed by atoms with E-state index in [1.54, 1.807) is 24.3 Å². The van der Waals surface area contributed by atoms with Gasteiger partial charge in [0.1, 0.15) is 6.04 Å². The van der Waals surface area contributed by atoms with Crippen molar-refractivity contribution in [1.82, 2.24) is 15.1 Å². The zero-order chi connectivity index (χ0) is 19.4. The molecule has 0 radical (unpaired) electrons. The average molecular weight is 359 g/mol. The van der Waals surface area contributed by atoms with E-state index < -0.39 is 17.9 Å². The summed E-state index contributed by atoms with van der Waals surface area (Å²) in [5.74, 6) is -1.40. The Morgan fingerprint density at radius 2 is 1.73 bits per heavy atom. The van der Waals surface area contributed by atoms with Crippen molar-refractivity contribution in [2.75, 3.05) is 0 Å². The van der Waals surface area contributed by atoms with Gasteiger partial charge < -0.3 is 10.4 Å². The fraction of sp³-hybridized carbons (Fsp3) is 0.474. The third kappa shape index (κ3) is 4.47. The summed E-state index contributed by atoms with van der Waals surface area (Å²) < 4.78 is 1.28. The van der Waals surface area contributed by atoms with Crippen molar-refractivity contribution >= 4 is 22.6 Å². The largest absolute Gasteiger partial charge is 0.480 e. The van der Waals surface area contributed by atoms with Crippen LogP contribution in [0.5, 0.6) is 0 Å². The topological polar surface area (TPSA) is 101 Å². The van der Waals surface area contributed by atoms with E-state index in [2.05, 4.69) is 10.4 Å². The summed E-state index contributed by atoms with van der Waals surface area (Å²) in [7, 11) is 0. The Bertz CT molecular complexity index is 871. The van der Waals surface area contributed by atoms with Crippen LogP contribution < -0.4 is 10.9 Å². The summed E-state index contributed by atoms with van der Waals surface area (Å²) in [4.78, 5) is 36.8. The molecule has 1 amide bonds. The summed E-state index contributed by atoms with van der Waals surface area (Å²) in [6, 6.07) is 5.74. The number of nitrogens with one attached hydrogen (secondary N) is 1. The predicted molar refractivity (Wildman–Crippen MR) is 99.2 cm³/mol. The third-order valence-electron chi connectivity index (χ3n) is 3.93. The Balaban J connectivity index is 2.50. The summed E-state index contributed by atoms with van der Waals surface area (Å²) in [6.45, 7) is 8.05. The van der Waals surface area contributed by atoms with Crippen molar-refractivity contribution in [3.8, 4) is 0 Å². The van der Waals surface area contributed by atoms with Gasteiger partial charge in [-0.15, -0.1) is 0 Å². The molecule has 1 heterocycles. The summed E-state index contributed by atoms with van der Waals surface area (Å²) in [5.41, 5.74) is -0.196. The van der Waals surface area contributed by atoms with Gasteiger partial charge in [0, 0.05) is 11.9 Å². The van der Waals surface area contributed by atoms with E-state index in [0.29, 0.717) is 23.7 Å². The lowest BCUT2D eigenvalue weighted by atomic mass is 10.0. The van der Waals surface area contributed by atoms with Gasteiger partial charge in [0.15, 0.2) is 5.69 Å². The highest BCUT2D eigenvalue weighted by atomic mass is 16.4. The maximum Gasteiger partial charge on any atom is 0.326 e. The Hall–Kier alpha value is -2.70. The van der Waals surface area contributed by atoms with E-state index in [1.807, 2.05) is 27.7 Å². The molecule has 1 aromatic carbocycles. The van der Waals surface area contributed by atoms with Crippen molar-refractivity contribution in [2.24, 2.45) is 11.8 Å². The molecule has 1 aromatic heterocycles. The lowest BCUT2D eigenvalue weighted by Gasteiger charge is -2.17. The minimum Gasteiger partial charge on any atom is -0.480 e. The van der Waals surface area contributed by atoms with Crippen LogP contribution in [0.25, 0.3) is 10.8 Å². The lowest BCUT2D eigenvalue weighted by molar-refractivity contribution is -0.139. The molecule has 2 aromatic rings. The first-order valence-electron chi connectivity index (χ1n) is 8.74. The number of nitrogens with zero attached hydrogens (tertiary/aromatic N) is 2. The van der Waals surface area contributed by atoms with Crippen molar-refractivity contribution in [3.63, 3.8) is 0 Å². The molecule has 7 heteroatoms. The highest BCUT2D eigenvalue weighted by Gasteiger charge is 2.24. The summed E-state index contributed by atoms with van der Waals surface area (Å²) in [5, 5.41) is 16.9. The standard InChI is InChI=1S/C19H25N3O4/c1-11(2)9-15(19(25)26)20-17(23)16-13-7-5-6-8-14(13)18(24)22(21-16)10-12(3)4/h5-8,11-12,15H,9-10H2,1-4H3,(H,20,23)(H,25,26)/t15-/m0/s1. The lowest BCUT2D eigenvalue weighted by Crippen LogP contribution is -2.42. The van der Waals surface area contributed by atoms with Gasteiger partial charge in [-0.05, 0) is 24.3 Å². The van der Waals surface area contributed by atoms with Gasteiger partial charge in [-0.3, -0.25) is 9.59 Å². The number of rotatable bonds is 7. The molecule has 0 fully saturated rings. The molecule has 7 nitrogen and oxygen atoms in total. The molecule has 26 heavy (non-hydrogen) atoms. The molecule has 0 spiro atoms. The van der Waals surface area contributed by atoms with E-state index >= 15 is 0 Å². The number of fused-ring (bicyclic) bond motifs is 1. The number of carbonyl (C=O) groups is 2. The molecule has 0 bridgehead atoms. The van der Waals surface area contributed by atoms with Crippen LogP contribution >= 0.6 is 0 Å². The summed E-state index contributed by atoms with van der Waals surface area (Å²) >= 11 is 0. The Morgan fingerprint density at radius 1 is 1.12 bits per heavy atom. The van der Waals surface area contributed by atoms with E-state index in [4.69, 9.17) is 0 Å². The van der Waals surface area contributed by atoms with Crippen molar-refractivity contribution in [3.05, 3.63) is 40.3 Å². The van der Waals surface area contributed by atoms with Gasteiger partial charge in [-0.25, -0.2) is 9.48 Å². The molecule has 0 saturated carbocycles. The molecule has 0 aliphatic rings. The number of amides is 1. The maximum atomic E-state index is 12.8. The molecule has 140 valence electrons. The Morgan fingerprint density at radius 3 is 2.27 bits per heavy atom. The Labute approximate surface area is 152 Å². The van der Waals surface area contributed by atoms with Crippen LogP contribution in [0.15, 0.2) is 29.1 Å². The average Bonchev–Trinajstić information content (AvgIpc) is 2.55. The number of benzene rings is 1. The highest BCUT2D eigenvalue weighted by molar-refractivity contribution is 6.05. The van der Waals surface area contributed by atoms with Gasteiger partial charge >= 0.3 is 5.97 Å². The predicted octanol–water partition coefficient (Wildman–Crippen LogP) is 2.28. The second-order valence-corrected chi connectivity index (χ2v) is 7.27. The van der Waals surface area contributed by atoms with Gasteiger partial charge in [0.05, 0.1) is 5.39 Å². The van der Waals surface area contributed by atoms with Crippen LogP contribution in [-0.2, 0) is 11.3 Å². The zero-order valence-electron chi connectivity index (χ0n) is 15.5. The molecule has 0 saturated heterocycles. The second-order valence-electron chi connectivity index (χ2n) is 7.27. The van der Waals surface area contributed by atoms with Gasteiger partial charge in [-0.2, -0.15) is 5.10 Å². The normalized spacial score (nSPS) is 12.5. The number of hydrogen-bond acceptors (Lipinski definition) is 4. The van der Waals surface area contributed by atoms with E-state index in [-0.39, 0.29) is 23.1 Å². The number of carbonyl (C=O) groups excluding carboxylic acids is 1. The monoisotopic (exact) mass is 359 g/mol. The number of aliphatic carboxylic acids is 1. The van der Waals surface area contributed by atoms with E-state index in [1.165, 1.54) is 4.68 Å². The fourth-order valence-electron chi connectivity index (χ4n) is 2.79. The Kier molecular flexibility index (Phi) is 6.13. The zero-order valence-corrected chi connectivity index (χ0v) is 15.5. The van der Waals surface area contributed by atoms with Crippen LogP contribution in [0.2, 0.25) is 0 Å². The van der Waals surface area contributed by atoms with Crippen molar-refractivity contribution < 1.29 is 14.7 Å². The van der Waals surface area contributed by atoms with Crippen LogP contribution in [0.4, 0.5) is 0 Å². The van der Waals surface area contributed by atoms with Crippen molar-refractivity contribution in [2.45, 2.75) is 46.7 Å². The number of aromatic nitrogens is 2. The summed E-state index contributed by atoms with van der Waals surface area (Å²) in [6.07, 6.45) is 0.310. The molecule has 2 rings (SSSR count). The minimum absolute atomic E-state index is 0.0656. The van der Waals surface area contributed by atoms with Crippen LogP contribution in [0, 0.1) is 11.8 Å². The quantitative estimate of drug-likeness (QED) is 0.790. The second kappa shape index (κ2) is 8.12. The van der Waals surface area contributed by atoms with E-state index in [9.17, 15) is 19.5 Å². The molecule has 0 unspecified atom stereocenters. The van der Waals surface area contributed by atoms with Crippen LogP contribution in [0.1, 0.15) is 44.6 Å². The van der Waals surface area contributed by atoms with Crippen LogP contribution in [0.3, 0.4) is 0 Å². The molecular weight excluding hydrogens is 334 g/mol.